The fourth-order valence-corrected chi connectivity index (χ4v) is 3.04. The number of aliphatic imine (C=N–C) groups is 1. The molecule has 0 aromatic heterocycles. The van der Waals surface area contributed by atoms with E-state index in [1.165, 1.54) is 16.7 Å². The molecule has 2 N–H and O–H groups in total. The van der Waals surface area contributed by atoms with Gasteiger partial charge in [0, 0.05) is 20.1 Å². The van der Waals surface area contributed by atoms with Gasteiger partial charge in [0.1, 0.15) is 0 Å². The van der Waals surface area contributed by atoms with Crippen LogP contribution in [0.15, 0.2) is 23.2 Å². The Hall–Kier alpha value is -1.56. The summed E-state index contributed by atoms with van der Waals surface area (Å²) >= 11 is 0. The van der Waals surface area contributed by atoms with E-state index in [1.54, 1.807) is 27.8 Å². The number of rotatable bonds is 5. The molecule has 0 saturated heterocycles. The number of nitrogens with one attached hydrogen (secondary N) is 2. The lowest BCUT2D eigenvalue weighted by molar-refractivity contribution is 0.559. The standard InChI is InChI=1S/C17H29N3O2S/c1-13-7-8-15(14(2)11-13)12-20-16(18-6)19-9-10-23(21,22)17(3,4)5/h7-8,11H,9-10,12H2,1-6H3,(H2,18,19,20). The first-order valence-corrected chi connectivity index (χ1v) is 9.45. The van der Waals surface area contributed by atoms with Crippen LogP contribution in [0.25, 0.3) is 0 Å². The topological polar surface area (TPSA) is 70.6 Å². The van der Waals surface area contributed by atoms with E-state index in [9.17, 15) is 8.42 Å². The first kappa shape index (κ1) is 19.5. The second-order valence-electron chi connectivity index (χ2n) is 6.71. The first-order chi connectivity index (χ1) is 10.6. The minimum atomic E-state index is -3.13. The number of guanidine groups is 1. The predicted molar refractivity (Wildman–Crippen MR) is 97.7 cm³/mol. The van der Waals surface area contributed by atoms with Crippen molar-refractivity contribution in [1.29, 1.82) is 0 Å². The molecule has 0 aliphatic heterocycles. The number of hydrogen-bond acceptors (Lipinski definition) is 3. The summed E-state index contributed by atoms with van der Waals surface area (Å²) in [7, 11) is -1.45. The highest BCUT2D eigenvalue weighted by Crippen LogP contribution is 2.15. The fourth-order valence-electron chi connectivity index (χ4n) is 2.05. The van der Waals surface area contributed by atoms with Crippen molar-refractivity contribution in [2.45, 2.75) is 45.9 Å². The lowest BCUT2D eigenvalue weighted by atomic mass is 10.1. The molecule has 0 saturated carbocycles. The Morgan fingerprint density at radius 2 is 1.83 bits per heavy atom. The van der Waals surface area contributed by atoms with Crippen LogP contribution in [0.2, 0.25) is 0 Å². The van der Waals surface area contributed by atoms with Crippen molar-refractivity contribution in [2.75, 3.05) is 19.3 Å². The van der Waals surface area contributed by atoms with Gasteiger partial charge in [-0.15, -0.1) is 0 Å². The summed E-state index contributed by atoms with van der Waals surface area (Å²) in [5.41, 5.74) is 3.66. The van der Waals surface area contributed by atoms with E-state index >= 15 is 0 Å². The molecule has 0 radical (unpaired) electrons. The van der Waals surface area contributed by atoms with Gasteiger partial charge in [-0.3, -0.25) is 4.99 Å². The zero-order chi connectivity index (χ0) is 17.7. The third-order valence-electron chi connectivity index (χ3n) is 3.76. The Kier molecular flexibility index (Phi) is 6.62. The van der Waals surface area contributed by atoms with E-state index in [0.29, 0.717) is 19.0 Å². The Bertz CT molecular complexity index is 659. The number of sulfone groups is 1. The molecule has 0 unspecified atom stereocenters. The second kappa shape index (κ2) is 7.81. The van der Waals surface area contributed by atoms with E-state index in [4.69, 9.17) is 0 Å². The van der Waals surface area contributed by atoms with Crippen LogP contribution in [0.3, 0.4) is 0 Å². The van der Waals surface area contributed by atoms with Gasteiger partial charge in [-0.25, -0.2) is 8.42 Å². The van der Waals surface area contributed by atoms with Gasteiger partial charge in [0.25, 0.3) is 0 Å². The SMILES string of the molecule is CN=C(NCCS(=O)(=O)C(C)(C)C)NCc1ccc(C)cc1C. The molecule has 5 nitrogen and oxygen atoms in total. The molecule has 6 heteroatoms. The minimum absolute atomic E-state index is 0.0841. The Morgan fingerprint density at radius 1 is 1.17 bits per heavy atom. The molecule has 0 heterocycles. The van der Waals surface area contributed by atoms with Crippen molar-refractivity contribution in [3.8, 4) is 0 Å². The summed E-state index contributed by atoms with van der Waals surface area (Å²) in [5, 5.41) is 6.27. The molecule has 0 fully saturated rings. The number of nitrogens with zero attached hydrogens (tertiary/aromatic N) is 1. The Morgan fingerprint density at radius 3 is 2.35 bits per heavy atom. The van der Waals surface area contributed by atoms with Crippen LogP contribution >= 0.6 is 0 Å². The van der Waals surface area contributed by atoms with Crippen molar-refractivity contribution in [3.05, 3.63) is 34.9 Å². The smallest absolute Gasteiger partial charge is 0.191 e. The molecule has 1 rings (SSSR count). The van der Waals surface area contributed by atoms with E-state index in [2.05, 4.69) is 47.7 Å². The van der Waals surface area contributed by atoms with Crippen LogP contribution in [0.5, 0.6) is 0 Å². The molecule has 0 atom stereocenters. The maximum absolute atomic E-state index is 12.1. The van der Waals surface area contributed by atoms with Gasteiger partial charge < -0.3 is 10.6 Å². The largest absolute Gasteiger partial charge is 0.355 e. The lowest BCUT2D eigenvalue weighted by Crippen LogP contribution is -2.41. The molecule has 23 heavy (non-hydrogen) atoms. The van der Waals surface area contributed by atoms with Gasteiger partial charge in [0.15, 0.2) is 15.8 Å². The van der Waals surface area contributed by atoms with Crippen LogP contribution < -0.4 is 10.6 Å². The molecule has 130 valence electrons. The molecule has 0 spiro atoms. The van der Waals surface area contributed by atoms with Crippen LogP contribution in [-0.2, 0) is 16.4 Å². The van der Waals surface area contributed by atoms with Crippen molar-refractivity contribution in [2.24, 2.45) is 4.99 Å². The van der Waals surface area contributed by atoms with E-state index in [0.717, 1.165) is 0 Å². The second-order valence-corrected chi connectivity index (χ2v) is 9.58. The van der Waals surface area contributed by atoms with Crippen LogP contribution in [0, 0.1) is 13.8 Å². The van der Waals surface area contributed by atoms with Crippen molar-refractivity contribution >= 4 is 15.8 Å². The highest BCUT2D eigenvalue weighted by molar-refractivity contribution is 7.92. The first-order valence-electron chi connectivity index (χ1n) is 7.80. The highest BCUT2D eigenvalue weighted by atomic mass is 32.2. The Labute approximate surface area is 140 Å². The molecule has 0 aliphatic carbocycles. The van der Waals surface area contributed by atoms with E-state index < -0.39 is 14.6 Å². The van der Waals surface area contributed by atoms with Gasteiger partial charge >= 0.3 is 0 Å². The zero-order valence-electron chi connectivity index (χ0n) is 15.0. The van der Waals surface area contributed by atoms with Gasteiger partial charge in [-0.2, -0.15) is 0 Å². The third kappa shape index (κ3) is 5.86. The van der Waals surface area contributed by atoms with Crippen molar-refractivity contribution in [1.82, 2.24) is 10.6 Å². The predicted octanol–water partition coefficient (Wildman–Crippen LogP) is 2.18. The van der Waals surface area contributed by atoms with Gasteiger partial charge in [0.05, 0.1) is 10.5 Å². The monoisotopic (exact) mass is 339 g/mol. The molecule has 1 aromatic rings. The van der Waals surface area contributed by atoms with E-state index in [-0.39, 0.29) is 5.75 Å². The number of benzene rings is 1. The summed E-state index contributed by atoms with van der Waals surface area (Å²) in [6.07, 6.45) is 0. The summed E-state index contributed by atoms with van der Waals surface area (Å²) in [6, 6.07) is 6.31. The molecular formula is C17H29N3O2S. The summed E-state index contributed by atoms with van der Waals surface area (Å²) in [4.78, 5) is 4.13. The van der Waals surface area contributed by atoms with Gasteiger partial charge in [-0.1, -0.05) is 23.8 Å². The Balaban J connectivity index is 2.53. The van der Waals surface area contributed by atoms with Crippen LogP contribution in [-0.4, -0.2) is 38.5 Å². The molecular weight excluding hydrogens is 310 g/mol. The normalized spacial score (nSPS) is 13.0. The molecule has 1 aromatic carbocycles. The quantitative estimate of drug-likeness (QED) is 0.637. The average Bonchev–Trinajstić information content (AvgIpc) is 2.42. The van der Waals surface area contributed by atoms with Gasteiger partial charge in [-0.05, 0) is 45.7 Å². The molecule has 0 amide bonds. The zero-order valence-corrected chi connectivity index (χ0v) is 15.8. The van der Waals surface area contributed by atoms with Crippen LogP contribution in [0.1, 0.15) is 37.5 Å². The van der Waals surface area contributed by atoms with Crippen molar-refractivity contribution < 1.29 is 8.42 Å². The van der Waals surface area contributed by atoms with Crippen LogP contribution in [0.4, 0.5) is 0 Å². The summed E-state index contributed by atoms with van der Waals surface area (Å²) in [6.45, 7) is 10.3. The van der Waals surface area contributed by atoms with E-state index in [1.807, 2.05) is 0 Å². The maximum Gasteiger partial charge on any atom is 0.191 e. The number of aryl methyl sites for hydroxylation is 2. The van der Waals surface area contributed by atoms with Crippen molar-refractivity contribution in [3.63, 3.8) is 0 Å². The minimum Gasteiger partial charge on any atom is -0.355 e. The summed E-state index contributed by atoms with van der Waals surface area (Å²) < 4.78 is 23.4. The summed E-state index contributed by atoms with van der Waals surface area (Å²) in [5.74, 6) is 0.690. The number of hydrogen-bond donors (Lipinski definition) is 2. The third-order valence-corrected chi connectivity index (χ3v) is 6.37. The highest BCUT2D eigenvalue weighted by Gasteiger charge is 2.28. The average molecular weight is 340 g/mol. The van der Waals surface area contributed by atoms with Gasteiger partial charge in [0.2, 0.25) is 0 Å². The maximum atomic E-state index is 12.1. The lowest BCUT2D eigenvalue weighted by Gasteiger charge is -2.20. The molecule has 0 aliphatic rings. The molecule has 0 bridgehead atoms. The fraction of sp³-hybridized carbons (Fsp3) is 0.588.